The maximum Gasteiger partial charge on any atom is 0.0541 e. The SMILES string of the molecule is OC1CCC(N2CCCC(Cc3ccc4ccccc4c3Cl)C2)CC1. The van der Waals surface area contributed by atoms with E-state index in [2.05, 4.69) is 41.3 Å². The molecule has 0 amide bonds. The van der Waals surface area contributed by atoms with Gasteiger partial charge in [0.15, 0.2) is 0 Å². The van der Waals surface area contributed by atoms with Crippen LogP contribution in [0.5, 0.6) is 0 Å². The molecule has 2 aromatic rings. The first-order valence-corrected chi connectivity index (χ1v) is 10.2. The Morgan fingerprint density at radius 2 is 1.80 bits per heavy atom. The molecule has 1 atom stereocenters. The summed E-state index contributed by atoms with van der Waals surface area (Å²) in [4.78, 5) is 2.69. The van der Waals surface area contributed by atoms with Gasteiger partial charge in [0.05, 0.1) is 11.1 Å². The van der Waals surface area contributed by atoms with Crippen molar-refractivity contribution in [3.8, 4) is 0 Å². The topological polar surface area (TPSA) is 23.5 Å². The third-order valence-electron chi connectivity index (χ3n) is 6.18. The first-order chi connectivity index (χ1) is 12.2. The van der Waals surface area contributed by atoms with Crippen molar-refractivity contribution in [3.05, 3.63) is 47.0 Å². The van der Waals surface area contributed by atoms with E-state index in [-0.39, 0.29) is 6.10 Å². The maximum atomic E-state index is 9.76. The number of piperidine rings is 1. The van der Waals surface area contributed by atoms with Crippen LogP contribution in [0.4, 0.5) is 0 Å². The Morgan fingerprint density at radius 3 is 2.64 bits per heavy atom. The number of aliphatic hydroxyl groups is 1. The fraction of sp³-hybridized carbons (Fsp3) is 0.545. The molecular weight excluding hydrogens is 330 g/mol. The largest absolute Gasteiger partial charge is 0.393 e. The summed E-state index contributed by atoms with van der Waals surface area (Å²) < 4.78 is 0. The Bertz CT molecular complexity index is 723. The zero-order valence-corrected chi connectivity index (χ0v) is 15.6. The van der Waals surface area contributed by atoms with Crippen molar-refractivity contribution in [3.63, 3.8) is 0 Å². The molecule has 1 aliphatic carbocycles. The fourth-order valence-electron chi connectivity index (χ4n) is 4.77. The smallest absolute Gasteiger partial charge is 0.0541 e. The van der Waals surface area contributed by atoms with Crippen LogP contribution in [0.2, 0.25) is 5.02 Å². The molecule has 1 heterocycles. The van der Waals surface area contributed by atoms with Gasteiger partial charge in [-0.1, -0.05) is 48.0 Å². The van der Waals surface area contributed by atoms with Gasteiger partial charge >= 0.3 is 0 Å². The number of hydrogen-bond donors (Lipinski definition) is 1. The molecular formula is C22H28ClNO. The molecule has 4 rings (SSSR count). The van der Waals surface area contributed by atoms with Crippen LogP contribution in [0.3, 0.4) is 0 Å². The van der Waals surface area contributed by atoms with Crippen molar-refractivity contribution >= 4 is 22.4 Å². The van der Waals surface area contributed by atoms with Gasteiger partial charge in [0.1, 0.15) is 0 Å². The summed E-state index contributed by atoms with van der Waals surface area (Å²) in [6, 6.07) is 13.5. The molecule has 25 heavy (non-hydrogen) atoms. The quantitative estimate of drug-likeness (QED) is 0.830. The predicted molar refractivity (Wildman–Crippen MR) is 105 cm³/mol. The van der Waals surface area contributed by atoms with Gasteiger partial charge in [-0.2, -0.15) is 0 Å². The van der Waals surface area contributed by atoms with E-state index in [0.29, 0.717) is 12.0 Å². The molecule has 1 saturated heterocycles. The third kappa shape index (κ3) is 3.86. The van der Waals surface area contributed by atoms with Crippen molar-refractivity contribution in [1.29, 1.82) is 0 Å². The van der Waals surface area contributed by atoms with Crippen LogP contribution in [0.1, 0.15) is 44.1 Å². The van der Waals surface area contributed by atoms with Gasteiger partial charge in [-0.25, -0.2) is 0 Å². The van der Waals surface area contributed by atoms with Crippen LogP contribution in [0, 0.1) is 5.92 Å². The standard InChI is InChI=1S/C22H28ClNO/c23-22-18(8-7-17-5-1-2-6-21(17)22)14-16-4-3-13-24(15-16)19-9-11-20(25)12-10-19/h1-2,5-8,16,19-20,25H,3-4,9-15H2. The van der Waals surface area contributed by atoms with Crippen LogP contribution in [0.25, 0.3) is 10.8 Å². The number of hydrogen-bond acceptors (Lipinski definition) is 2. The Morgan fingerprint density at radius 1 is 1.00 bits per heavy atom. The normalized spacial score (nSPS) is 28.3. The second kappa shape index (κ2) is 7.65. The number of halogens is 1. The molecule has 1 unspecified atom stereocenters. The van der Waals surface area contributed by atoms with E-state index in [1.54, 1.807) is 0 Å². The highest BCUT2D eigenvalue weighted by molar-refractivity contribution is 6.36. The number of nitrogens with zero attached hydrogens (tertiary/aromatic N) is 1. The molecule has 2 fully saturated rings. The number of fused-ring (bicyclic) bond motifs is 1. The average molecular weight is 358 g/mol. The zero-order chi connectivity index (χ0) is 17.2. The van der Waals surface area contributed by atoms with Gasteiger partial charge in [0.2, 0.25) is 0 Å². The van der Waals surface area contributed by atoms with Crippen molar-refractivity contribution < 1.29 is 5.11 Å². The predicted octanol–water partition coefficient (Wildman–Crippen LogP) is 5.05. The molecule has 0 radical (unpaired) electrons. The van der Waals surface area contributed by atoms with Gasteiger partial charge in [-0.15, -0.1) is 0 Å². The summed E-state index contributed by atoms with van der Waals surface area (Å²) in [5.74, 6) is 0.694. The van der Waals surface area contributed by atoms with E-state index in [9.17, 15) is 5.11 Å². The lowest BCUT2D eigenvalue weighted by Gasteiger charge is -2.41. The molecule has 134 valence electrons. The number of benzene rings is 2. The van der Waals surface area contributed by atoms with E-state index in [4.69, 9.17) is 11.6 Å². The fourth-order valence-corrected chi connectivity index (χ4v) is 5.08. The molecule has 2 nitrogen and oxygen atoms in total. The zero-order valence-electron chi connectivity index (χ0n) is 14.8. The summed E-state index contributed by atoms with van der Waals surface area (Å²) in [5.41, 5.74) is 1.30. The second-order valence-corrected chi connectivity index (χ2v) is 8.31. The van der Waals surface area contributed by atoms with Crippen LogP contribution >= 0.6 is 11.6 Å². The van der Waals surface area contributed by atoms with E-state index in [0.717, 1.165) is 37.1 Å². The minimum Gasteiger partial charge on any atom is -0.393 e. The van der Waals surface area contributed by atoms with Crippen LogP contribution < -0.4 is 0 Å². The van der Waals surface area contributed by atoms with E-state index in [1.165, 1.54) is 42.3 Å². The lowest BCUT2D eigenvalue weighted by atomic mass is 9.86. The van der Waals surface area contributed by atoms with E-state index < -0.39 is 0 Å². The van der Waals surface area contributed by atoms with Crippen LogP contribution in [-0.4, -0.2) is 35.2 Å². The summed E-state index contributed by atoms with van der Waals surface area (Å²) in [5, 5.41) is 13.1. The highest BCUT2D eigenvalue weighted by Crippen LogP contribution is 2.32. The van der Waals surface area contributed by atoms with Crippen LogP contribution in [-0.2, 0) is 6.42 Å². The minimum absolute atomic E-state index is 0.0618. The van der Waals surface area contributed by atoms with Gasteiger partial charge in [0.25, 0.3) is 0 Å². The number of likely N-dealkylation sites (tertiary alicyclic amines) is 1. The molecule has 1 N–H and O–H groups in total. The monoisotopic (exact) mass is 357 g/mol. The lowest BCUT2D eigenvalue weighted by Crippen LogP contribution is -2.45. The van der Waals surface area contributed by atoms with Gasteiger partial charge < -0.3 is 10.0 Å². The van der Waals surface area contributed by atoms with Crippen molar-refractivity contribution in [1.82, 2.24) is 4.90 Å². The maximum absolute atomic E-state index is 9.76. The molecule has 1 aliphatic heterocycles. The third-order valence-corrected chi connectivity index (χ3v) is 6.63. The summed E-state index contributed by atoms with van der Waals surface area (Å²) in [6.45, 7) is 2.41. The molecule has 0 bridgehead atoms. The molecule has 3 heteroatoms. The van der Waals surface area contributed by atoms with Crippen molar-refractivity contribution in [2.75, 3.05) is 13.1 Å². The Kier molecular flexibility index (Phi) is 5.30. The Balaban J connectivity index is 1.45. The highest BCUT2D eigenvalue weighted by atomic mass is 35.5. The Labute approximate surface area is 155 Å². The summed E-state index contributed by atoms with van der Waals surface area (Å²) >= 11 is 6.72. The summed E-state index contributed by atoms with van der Waals surface area (Å²) in [7, 11) is 0. The van der Waals surface area contributed by atoms with Gasteiger partial charge in [-0.05, 0) is 68.4 Å². The number of aliphatic hydroxyl groups excluding tert-OH is 1. The Hall–Kier alpha value is -1.09. The van der Waals surface area contributed by atoms with Crippen molar-refractivity contribution in [2.24, 2.45) is 5.92 Å². The van der Waals surface area contributed by atoms with Gasteiger partial charge in [-0.3, -0.25) is 0 Å². The minimum atomic E-state index is -0.0618. The first kappa shape index (κ1) is 17.3. The lowest BCUT2D eigenvalue weighted by molar-refractivity contribution is 0.0517. The molecule has 0 aromatic heterocycles. The average Bonchev–Trinajstić information content (AvgIpc) is 2.65. The van der Waals surface area contributed by atoms with Crippen LogP contribution in [0.15, 0.2) is 36.4 Å². The first-order valence-electron chi connectivity index (χ1n) is 9.79. The molecule has 2 aromatic carbocycles. The number of rotatable bonds is 3. The molecule has 0 spiro atoms. The second-order valence-electron chi connectivity index (χ2n) is 7.93. The van der Waals surface area contributed by atoms with E-state index >= 15 is 0 Å². The van der Waals surface area contributed by atoms with Gasteiger partial charge in [0, 0.05) is 18.0 Å². The molecule has 2 aliphatic rings. The van der Waals surface area contributed by atoms with Crippen molar-refractivity contribution in [2.45, 2.75) is 57.1 Å². The molecule has 1 saturated carbocycles. The summed E-state index contributed by atoms with van der Waals surface area (Å²) in [6.07, 6.45) is 7.87. The van der Waals surface area contributed by atoms with E-state index in [1.807, 2.05) is 0 Å². The highest BCUT2D eigenvalue weighted by Gasteiger charge is 2.29.